The van der Waals surface area contributed by atoms with E-state index in [0.29, 0.717) is 42.8 Å². The number of hydrogen-bond acceptors (Lipinski definition) is 5. The average Bonchev–Trinajstić information content (AvgIpc) is 2.45. The van der Waals surface area contributed by atoms with Gasteiger partial charge in [0.2, 0.25) is 5.91 Å². The third-order valence-corrected chi connectivity index (χ3v) is 2.77. The zero-order valence-corrected chi connectivity index (χ0v) is 12.8. The van der Waals surface area contributed by atoms with Crippen LogP contribution >= 0.6 is 11.6 Å². The van der Waals surface area contributed by atoms with Gasteiger partial charge in [0, 0.05) is 25.3 Å². The van der Waals surface area contributed by atoms with Gasteiger partial charge < -0.3 is 25.3 Å². The van der Waals surface area contributed by atoms with Gasteiger partial charge in [-0.3, -0.25) is 4.79 Å². The molecule has 1 amide bonds. The van der Waals surface area contributed by atoms with Crippen molar-refractivity contribution in [3.63, 3.8) is 0 Å². The van der Waals surface area contributed by atoms with Crippen LogP contribution < -0.4 is 11.1 Å². The maximum absolute atomic E-state index is 11.6. The monoisotopic (exact) mass is 316 g/mol. The smallest absolute Gasteiger partial charge is 0.250 e. The number of nitrogens with one attached hydrogen (secondary N) is 1. The minimum Gasteiger partial charge on any atom is -0.397 e. The van der Waals surface area contributed by atoms with Crippen molar-refractivity contribution in [2.45, 2.75) is 6.42 Å². The van der Waals surface area contributed by atoms with Gasteiger partial charge >= 0.3 is 0 Å². The van der Waals surface area contributed by atoms with Crippen molar-refractivity contribution in [1.29, 1.82) is 0 Å². The molecule has 0 aliphatic rings. The minimum absolute atomic E-state index is 0.0521. The van der Waals surface area contributed by atoms with Crippen LogP contribution in [0.5, 0.6) is 0 Å². The first-order chi connectivity index (χ1) is 10.1. The Labute approximate surface area is 129 Å². The molecule has 118 valence electrons. The van der Waals surface area contributed by atoms with Gasteiger partial charge in [0.25, 0.3) is 0 Å². The van der Waals surface area contributed by atoms with Gasteiger partial charge in [-0.2, -0.15) is 0 Å². The first-order valence-electron chi connectivity index (χ1n) is 6.62. The van der Waals surface area contributed by atoms with E-state index < -0.39 is 0 Å². The van der Waals surface area contributed by atoms with E-state index in [4.69, 9.17) is 31.5 Å². The van der Waals surface area contributed by atoms with Crippen molar-refractivity contribution in [3.05, 3.63) is 23.2 Å². The summed E-state index contributed by atoms with van der Waals surface area (Å²) < 4.78 is 15.4. The molecule has 6 nitrogen and oxygen atoms in total. The molecule has 0 unspecified atom stereocenters. The normalized spacial score (nSPS) is 10.6. The molecule has 0 atom stereocenters. The van der Waals surface area contributed by atoms with E-state index >= 15 is 0 Å². The fourth-order valence-electron chi connectivity index (χ4n) is 1.52. The molecule has 0 aliphatic heterocycles. The van der Waals surface area contributed by atoms with E-state index in [2.05, 4.69) is 5.32 Å². The Morgan fingerprint density at radius 2 is 2.00 bits per heavy atom. The summed E-state index contributed by atoms with van der Waals surface area (Å²) in [5.41, 5.74) is 6.67. The van der Waals surface area contributed by atoms with Crippen LogP contribution in [0.1, 0.15) is 6.42 Å². The summed E-state index contributed by atoms with van der Waals surface area (Å²) >= 11 is 5.78. The van der Waals surface area contributed by atoms with E-state index in [1.807, 2.05) is 0 Å². The van der Waals surface area contributed by atoms with Gasteiger partial charge in [-0.05, 0) is 24.6 Å². The van der Waals surface area contributed by atoms with Gasteiger partial charge in [-0.1, -0.05) is 11.6 Å². The zero-order valence-electron chi connectivity index (χ0n) is 12.1. The molecule has 0 fully saturated rings. The van der Waals surface area contributed by atoms with Gasteiger partial charge in [0.15, 0.2) is 0 Å². The average molecular weight is 317 g/mol. The fourth-order valence-corrected chi connectivity index (χ4v) is 1.70. The first-order valence-corrected chi connectivity index (χ1v) is 7.00. The van der Waals surface area contributed by atoms with Gasteiger partial charge in [0.05, 0.1) is 24.6 Å². The lowest BCUT2D eigenvalue weighted by molar-refractivity contribution is -0.121. The van der Waals surface area contributed by atoms with E-state index in [0.717, 1.165) is 6.42 Å². The molecular formula is C14H21ClN2O4. The number of amides is 1. The quantitative estimate of drug-likeness (QED) is 0.509. The minimum atomic E-state index is -0.275. The summed E-state index contributed by atoms with van der Waals surface area (Å²) in [6.45, 7) is 2.04. The number of carbonyl (C=O) groups is 1. The third-order valence-electron chi connectivity index (χ3n) is 2.53. The maximum atomic E-state index is 11.6. The highest BCUT2D eigenvalue weighted by Gasteiger charge is 2.05. The molecular weight excluding hydrogens is 296 g/mol. The maximum Gasteiger partial charge on any atom is 0.250 e. The van der Waals surface area contributed by atoms with E-state index in [1.54, 1.807) is 25.3 Å². The Morgan fingerprint density at radius 1 is 1.24 bits per heavy atom. The highest BCUT2D eigenvalue weighted by molar-refractivity contribution is 6.31. The highest BCUT2D eigenvalue weighted by atomic mass is 35.5. The van der Waals surface area contributed by atoms with Crippen molar-refractivity contribution in [1.82, 2.24) is 0 Å². The van der Waals surface area contributed by atoms with E-state index in [9.17, 15) is 4.79 Å². The standard InChI is InChI=1S/C14H21ClN2O4/c1-19-5-2-6-20-7-8-21-10-14(18)17-13-4-3-11(15)9-12(13)16/h3-4,9H,2,5-8,10,16H2,1H3,(H,17,18). The lowest BCUT2D eigenvalue weighted by atomic mass is 10.2. The number of halogens is 1. The number of nitrogens with two attached hydrogens (primary N) is 1. The van der Waals surface area contributed by atoms with Crippen LogP contribution in [-0.2, 0) is 19.0 Å². The SMILES string of the molecule is COCCCOCCOCC(=O)Nc1ccc(Cl)cc1N. The number of rotatable bonds is 10. The van der Waals surface area contributed by atoms with Crippen molar-refractivity contribution in [2.24, 2.45) is 0 Å². The number of nitrogen functional groups attached to an aromatic ring is 1. The predicted molar refractivity (Wildman–Crippen MR) is 82.6 cm³/mol. The van der Waals surface area contributed by atoms with Crippen molar-refractivity contribution >= 4 is 28.9 Å². The molecule has 0 aliphatic carbocycles. The summed E-state index contributed by atoms with van der Waals surface area (Å²) in [6.07, 6.45) is 0.840. The topological polar surface area (TPSA) is 82.8 Å². The molecule has 0 saturated carbocycles. The summed E-state index contributed by atoms with van der Waals surface area (Å²) in [4.78, 5) is 11.6. The molecule has 0 spiro atoms. The summed E-state index contributed by atoms with van der Waals surface area (Å²) in [5, 5.41) is 3.17. The van der Waals surface area contributed by atoms with Crippen LogP contribution in [0.15, 0.2) is 18.2 Å². The van der Waals surface area contributed by atoms with Crippen molar-refractivity contribution < 1.29 is 19.0 Å². The van der Waals surface area contributed by atoms with Crippen LogP contribution in [0.2, 0.25) is 5.02 Å². The molecule has 3 N–H and O–H groups in total. The molecule has 1 aromatic carbocycles. The van der Waals surface area contributed by atoms with Crippen molar-refractivity contribution in [3.8, 4) is 0 Å². The molecule has 0 saturated heterocycles. The lowest BCUT2D eigenvalue weighted by Crippen LogP contribution is -2.20. The number of ether oxygens (including phenoxy) is 3. The summed E-state index contributed by atoms with van der Waals surface area (Å²) in [5.74, 6) is -0.275. The van der Waals surface area contributed by atoms with Crippen LogP contribution in [0.25, 0.3) is 0 Å². The molecule has 0 bridgehead atoms. The molecule has 21 heavy (non-hydrogen) atoms. The molecule has 1 rings (SSSR count). The Hall–Kier alpha value is -1.34. The van der Waals surface area contributed by atoms with Gasteiger partial charge in [-0.15, -0.1) is 0 Å². The number of anilines is 2. The summed E-state index contributed by atoms with van der Waals surface area (Å²) in [6, 6.07) is 4.88. The Balaban J connectivity index is 2.11. The second-order valence-electron chi connectivity index (χ2n) is 4.29. The number of benzene rings is 1. The largest absolute Gasteiger partial charge is 0.397 e. The molecule has 7 heteroatoms. The van der Waals surface area contributed by atoms with E-state index in [1.165, 1.54) is 0 Å². The van der Waals surface area contributed by atoms with Crippen molar-refractivity contribution in [2.75, 3.05) is 51.2 Å². The number of methoxy groups -OCH3 is 1. The fraction of sp³-hybridized carbons (Fsp3) is 0.500. The second kappa shape index (κ2) is 10.4. The van der Waals surface area contributed by atoms with Crippen LogP contribution in [-0.4, -0.2) is 46.1 Å². The third kappa shape index (κ3) is 7.87. The van der Waals surface area contributed by atoms with Gasteiger partial charge in [-0.25, -0.2) is 0 Å². The van der Waals surface area contributed by atoms with Gasteiger partial charge in [0.1, 0.15) is 6.61 Å². The van der Waals surface area contributed by atoms with Crippen LogP contribution in [0.3, 0.4) is 0 Å². The highest BCUT2D eigenvalue weighted by Crippen LogP contribution is 2.22. The Bertz CT molecular complexity index is 443. The molecule has 0 aromatic heterocycles. The Kier molecular flexibility index (Phi) is 8.77. The first kappa shape index (κ1) is 17.7. The summed E-state index contributed by atoms with van der Waals surface area (Å²) in [7, 11) is 1.65. The lowest BCUT2D eigenvalue weighted by Gasteiger charge is -2.09. The zero-order chi connectivity index (χ0) is 15.5. The van der Waals surface area contributed by atoms with E-state index in [-0.39, 0.29) is 12.5 Å². The molecule has 1 aromatic rings. The molecule has 0 radical (unpaired) electrons. The van der Waals surface area contributed by atoms with Crippen LogP contribution in [0, 0.1) is 0 Å². The number of hydrogen-bond donors (Lipinski definition) is 2. The number of carbonyl (C=O) groups excluding carboxylic acids is 1. The van der Waals surface area contributed by atoms with Crippen LogP contribution in [0.4, 0.5) is 11.4 Å². The molecule has 0 heterocycles. The Morgan fingerprint density at radius 3 is 2.71 bits per heavy atom. The predicted octanol–water partition coefficient (Wildman–Crippen LogP) is 1.93. The second-order valence-corrected chi connectivity index (χ2v) is 4.73.